The van der Waals surface area contributed by atoms with Gasteiger partial charge in [0.2, 0.25) is 0 Å². The zero-order chi connectivity index (χ0) is 24.1. The number of amides is 2. The van der Waals surface area contributed by atoms with Crippen molar-refractivity contribution in [3.8, 4) is 5.75 Å². The molecule has 0 radical (unpaired) electrons. The van der Waals surface area contributed by atoms with Crippen molar-refractivity contribution in [3.05, 3.63) is 64.7 Å². The smallest absolute Gasteiger partial charge is 0.376 e. The Morgan fingerprint density at radius 3 is 2.03 bits per heavy atom. The maximum atomic E-state index is 12.5. The molecule has 8 nitrogen and oxygen atoms in total. The van der Waals surface area contributed by atoms with Crippen molar-refractivity contribution in [2.24, 2.45) is 5.10 Å². The molecular formula is C19H17ClF3N3O5S. The van der Waals surface area contributed by atoms with E-state index < -0.39 is 33.2 Å². The monoisotopic (exact) mass is 491 g/mol. The van der Waals surface area contributed by atoms with Crippen molar-refractivity contribution in [3.63, 3.8) is 0 Å². The second kappa shape index (κ2) is 10.0. The maximum absolute atomic E-state index is 12.5. The van der Waals surface area contributed by atoms with Gasteiger partial charge in [-0.3, -0.25) is 9.59 Å². The molecule has 0 fully saturated rings. The molecule has 2 aromatic carbocycles. The molecule has 2 aromatic rings. The number of carbonyl (C=O) groups excluding carboxylic acids is 2. The number of alkyl halides is 3. The Balaban J connectivity index is 2.43. The number of benzene rings is 2. The van der Waals surface area contributed by atoms with Gasteiger partial charge in [0.05, 0.1) is 5.71 Å². The molecule has 32 heavy (non-hydrogen) atoms. The number of likely N-dealkylation sites (N-methyl/N-ethyl adjacent to an activating group) is 2. The van der Waals surface area contributed by atoms with E-state index in [9.17, 15) is 31.2 Å². The van der Waals surface area contributed by atoms with Gasteiger partial charge in [-0.1, -0.05) is 23.7 Å². The summed E-state index contributed by atoms with van der Waals surface area (Å²) in [6.45, 7) is 1.87. The average molecular weight is 492 g/mol. The summed E-state index contributed by atoms with van der Waals surface area (Å²) in [6, 6.07) is 10.7. The van der Waals surface area contributed by atoms with Crippen LogP contribution in [0.1, 0.15) is 18.1 Å². The van der Waals surface area contributed by atoms with E-state index in [0.717, 1.165) is 17.1 Å². The lowest BCUT2D eigenvalue weighted by atomic mass is 10.0. The number of carbonyl (C=O) groups is 2. The van der Waals surface area contributed by atoms with Gasteiger partial charge in [-0.25, -0.2) is 5.01 Å². The van der Waals surface area contributed by atoms with Gasteiger partial charge in [-0.05, 0) is 43.3 Å². The molecule has 2 amide bonds. The largest absolute Gasteiger partial charge is 0.534 e. The van der Waals surface area contributed by atoms with Crippen LogP contribution in [0.4, 0.5) is 13.2 Å². The second-order valence-corrected chi connectivity index (χ2v) is 8.13. The topological polar surface area (TPSA) is 105 Å². The van der Waals surface area contributed by atoms with E-state index in [4.69, 9.17) is 11.6 Å². The minimum Gasteiger partial charge on any atom is -0.376 e. The Bertz CT molecular complexity index is 1120. The number of nitrogens with zero attached hydrogens (tertiary/aromatic N) is 2. The Labute approximate surface area is 186 Å². The fourth-order valence-electron chi connectivity index (χ4n) is 2.31. The molecule has 0 saturated carbocycles. The lowest BCUT2D eigenvalue weighted by molar-refractivity contribution is -0.144. The fraction of sp³-hybridized carbons (Fsp3) is 0.211. The van der Waals surface area contributed by atoms with Gasteiger partial charge >= 0.3 is 27.4 Å². The van der Waals surface area contributed by atoms with Crippen LogP contribution in [0.3, 0.4) is 0 Å². The van der Waals surface area contributed by atoms with Gasteiger partial charge in [-0.15, -0.1) is 0 Å². The highest BCUT2D eigenvalue weighted by atomic mass is 35.5. The van der Waals surface area contributed by atoms with Crippen LogP contribution in [0.25, 0.3) is 0 Å². The zero-order valence-electron chi connectivity index (χ0n) is 16.7. The van der Waals surface area contributed by atoms with Gasteiger partial charge in [0.1, 0.15) is 5.75 Å². The predicted octanol–water partition coefficient (Wildman–Crippen LogP) is 2.92. The first-order valence-corrected chi connectivity index (χ1v) is 10.7. The van der Waals surface area contributed by atoms with E-state index in [-0.39, 0.29) is 12.3 Å². The number of nitrogens with one attached hydrogen (secondary N) is 1. The molecule has 1 N–H and O–H groups in total. The van der Waals surface area contributed by atoms with Crippen LogP contribution in [0.2, 0.25) is 5.02 Å². The van der Waals surface area contributed by atoms with Gasteiger partial charge < -0.3 is 9.50 Å². The summed E-state index contributed by atoms with van der Waals surface area (Å²) in [7, 11) is -4.58. The molecule has 0 saturated heterocycles. The predicted molar refractivity (Wildman–Crippen MR) is 111 cm³/mol. The quantitative estimate of drug-likeness (QED) is 0.220. The molecule has 0 aliphatic carbocycles. The van der Waals surface area contributed by atoms with E-state index in [2.05, 4.69) is 14.6 Å². The summed E-state index contributed by atoms with van der Waals surface area (Å²) in [5.74, 6) is -2.40. The minimum absolute atomic E-state index is 0.159. The van der Waals surface area contributed by atoms with Gasteiger partial charge in [0.15, 0.2) is 0 Å². The van der Waals surface area contributed by atoms with E-state index in [0.29, 0.717) is 16.1 Å². The standard InChI is InChI=1S/C19H17ClF3N3O5S/c1-3-24-17(27)18(28)26(2)25-16(12-4-8-14(20)9-5-12)13-6-10-15(11-7-13)31-32(29,30)19(21,22)23/h4-11H,3H2,1-2H3,(H,24,27). The van der Waals surface area contributed by atoms with Crippen LogP contribution < -0.4 is 9.50 Å². The van der Waals surface area contributed by atoms with E-state index in [1.54, 1.807) is 31.2 Å². The van der Waals surface area contributed by atoms with Crippen LogP contribution in [0, 0.1) is 0 Å². The van der Waals surface area contributed by atoms with E-state index in [1.165, 1.54) is 19.2 Å². The highest BCUT2D eigenvalue weighted by molar-refractivity contribution is 7.88. The first kappa shape index (κ1) is 25.1. The van der Waals surface area contributed by atoms with Gasteiger partial charge in [0, 0.05) is 29.7 Å². The Hall–Kier alpha value is -3.12. The first-order chi connectivity index (χ1) is 14.9. The number of rotatable bonds is 6. The normalized spacial score (nSPS) is 12.2. The first-order valence-electron chi connectivity index (χ1n) is 8.87. The van der Waals surface area contributed by atoms with Crippen LogP contribution >= 0.6 is 11.6 Å². The molecule has 0 spiro atoms. The summed E-state index contributed by atoms with van der Waals surface area (Å²) >= 11 is 5.89. The van der Waals surface area contributed by atoms with Crippen molar-refractivity contribution in [2.45, 2.75) is 12.4 Å². The number of hydrogen-bond acceptors (Lipinski definition) is 6. The summed E-state index contributed by atoms with van der Waals surface area (Å²) in [4.78, 5) is 24.0. The lowest BCUT2D eigenvalue weighted by Crippen LogP contribution is -2.39. The molecule has 0 aliphatic rings. The Kier molecular flexibility index (Phi) is 7.86. The van der Waals surface area contributed by atoms with Crippen molar-refractivity contribution in [1.82, 2.24) is 10.3 Å². The third-order valence-electron chi connectivity index (χ3n) is 3.81. The fourth-order valence-corrected chi connectivity index (χ4v) is 2.90. The molecule has 13 heteroatoms. The molecule has 0 aliphatic heterocycles. The number of hydrazone groups is 1. The molecule has 172 valence electrons. The van der Waals surface area contributed by atoms with Crippen molar-refractivity contribution >= 4 is 39.2 Å². The van der Waals surface area contributed by atoms with Crippen LogP contribution in [-0.4, -0.2) is 50.1 Å². The number of halogens is 4. The summed E-state index contributed by atoms with van der Waals surface area (Å²) < 4.78 is 63.9. The lowest BCUT2D eigenvalue weighted by Gasteiger charge is -2.15. The van der Waals surface area contributed by atoms with Crippen LogP contribution in [0.5, 0.6) is 5.75 Å². The average Bonchev–Trinajstić information content (AvgIpc) is 2.72. The third kappa shape index (κ3) is 6.20. The van der Waals surface area contributed by atoms with Gasteiger partial charge in [-0.2, -0.15) is 26.7 Å². The van der Waals surface area contributed by atoms with Gasteiger partial charge in [0.25, 0.3) is 0 Å². The summed E-state index contributed by atoms with van der Waals surface area (Å²) in [5, 5.41) is 7.71. The Morgan fingerprint density at radius 1 is 1.06 bits per heavy atom. The highest BCUT2D eigenvalue weighted by Crippen LogP contribution is 2.27. The van der Waals surface area contributed by atoms with Crippen molar-refractivity contribution in [1.29, 1.82) is 0 Å². The second-order valence-electron chi connectivity index (χ2n) is 6.15. The van der Waals surface area contributed by atoms with E-state index >= 15 is 0 Å². The molecule has 0 aromatic heterocycles. The minimum atomic E-state index is -5.83. The van der Waals surface area contributed by atoms with Crippen LogP contribution in [-0.2, 0) is 19.7 Å². The van der Waals surface area contributed by atoms with Crippen molar-refractivity contribution < 1.29 is 35.4 Å². The Morgan fingerprint density at radius 2 is 1.56 bits per heavy atom. The molecular weight excluding hydrogens is 475 g/mol. The molecule has 0 bridgehead atoms. The third-order valence-corrected chi connectivity index (χ3v) is 5.04. The molecule has 0 atom stereocenters. The number of hydrogen-bond donors (Lipinski definition) is 1. The SMILES string of the molecule is CCNC(=O)C(=O)N(C)N=C(c1ccc(Cl)cc1)c1ccc(OS(=O)(=O)C(F)(F)F)cc1. The zero-order valence-corrected chi connectivity index (χ0v) is 18.3. The van der Waals surface area contributed by atoms with Crippen molar-refractivity contribution in [2.75, 3.05) is 13.6 Å². The molecule has 2 rings (SSSR count). The highest BCUT2D eigenvalue weighted by Gasteiger charge is 2.48. The summed E-state index contributed by atoms with van der Waals surface area (Å²) in [6.07, 6.45) is 0. The van der Waals surface area contributed by atoms with Crippen LogP contribution in [0.15, 0.2) is 53.6 Å². The molecule has 0 unspecified atom stereocenters. The maximum Gasteiger partial charge on any atom is 0.534 e. The summed E-state index contributed by atoms with van der Waals surface area (Å²) in [5.41, 5.74) is -4.67. The van der Waals surface area contributed by atoms with E-state index in [1.807, 2.05) is 0 Å². The molecule has 0 heterocycles.